The molecule has 0 aromatic heterocycles. The number of unbranched alkanes of at least 4 members (excludes halogenated alkanes) is 1. The van der Waals surface area contributed by atoms with Gasteiger partial charge in [-0.1, -0.05) is 45.4 Å². The zero-order chi connectivity index (χ0) is 19.4. The lowest BCUT2D eigenvalue weighted by molar-refractivity contribution is -0.0104. The molecule has 1 fully saturated rings. The quantitative estimate of drug-likeness (QED) is 0.312. The number of rotatable bonds is 12. The fourth-order valence-electron chi connectivity index (χ4n) is 4.41. The summed E-state index contributed by atoms with van der Waals surface area (Å²) in [5.74, 6) is 1.55. The van der Waals surface area contributed by atoms with Crippen LogP contribution in [0.25, 0.3) is 0 Å². The Morgan fingerprint density at radius 2 is 1.96 bits per heavy atom. The maximum atomic E-state index is 13.0. The van der Waals surface area contributed by atoms with Crippen LogP contribution in [0, 0.1) is 17.3 Å². The van der Waals surface area contributed by atoms with Gasteiger partial charge in [0.2, 0.25) is 0 Å². The van der Waals surface area contributed by atoms with Crippen molar-refractivity contribution in [3.63, 3.8) is 0 Å². The van der Waals surface area contributed by atoms with Crippen molar-refractivity contribution in [1.29, 1.82) is 0 Å². The van der Waals surface area contributed by atoms with E-state index in [1.165, 1.54) is 12.8 Å². The Bertz CT molecular complexity index is 560. The Morgan fingerprint density at radius 3 is 2.46 bits per heavy atom. The summed E-state index contributed by atoms with van der Waals surface area (Å²) < 4.78 is 24.0. The van der Waals surface area contributed by atoms with E-state index in [-0.39, 0.29) is 0 Å². The third-order valence-corrected chi connectivity index (χ3v) is 8.32. The van der Waals surface area contributed by atoms with Crippen LogP contribution >= 0.6 is 7.60 Å². The van der Waals surface area contributed by atoms with Gasteiger partial charge < -0.3 is 9.05 Å². The van der Waals surface area contributed by atoms with Gasteiger partial charge in [-0.2, -0.15) is 0 Å². The Balaban J connectivity index is 2.06. The number of allylic oxidation sites excluding steroid dienone is 1. The van der Waals surface area contributed by atoms with Crippen molar-refractivity contribution in [2.75, 3.05) is 32.8 Å². The largest absolute Gasteiger partial charge is 0.358 e. The molecule has 2 bridgehead atoms. The van der Waals surface area contributed by atoms with Crippen molar-refractivity contribution >= 4 is 7.60 Å². The van der Waals surface area contributed by atoms with E-state index in [0.717, 1.165) is 31.8 Å². The van der Waals surface area contributed by atoms with Gasteiger partial charge in [-0.05, 0) is 56.9 Å². The Labute approximate surface area is 160 Å². The zero-order valence-electron chi connectivity index (χ0n) is 17.4. The lowest BCUT2D eigenvalue weighted by Crippen LogP contribution is -2.50. The van der Waals surface area contributed by atoms with E-state index < -0.39 is 7.60 Å². The molecule has 150 valence electrons. The number of fused-ring (bicyclic) bond motifs is 1. The summed E-state index contributed by atoms with van der Waals surface area (Å²) in [7, 11) is -3.24. The highest BCUT2D eigenvalue weighted by Gasteiger charge is 2.51. The van der Waals surface area contributed by atoms with Crippen LogP contribution in [0.2, 0.25) is 0 Å². The molecule has 0 aliphatic heterocycles. The third-order valence-electron chi connectivity index (χ3n) is 6.21. The molecule has 2 atom stereocenters. The molecule has 0 amide bonds. The van der Waals surface area contributed by atoms with Crippen LogP contribution in [0.15, 0.2) is 23.5 Å². The van der Waals surface area contributed by atoms with Gasteiger partial charge in [0.15, 0.2) is 0 Å². The molecule has 0 aromatic carbocycles. The van der Waals surface area contributed by atoms with Crippen LogP contribution in [0.3, 0.4) is 0 Å². The van der Waals surface area contributed by atoms with Gasteiger partial charge in [-0.25, -0.2) is 0 Å². The van der Waals surface area contributed by atoms with E-state index in [0.29, 0.717) is 36.4 Å². The standard InChI is InChI=1S/C21H38NO3P/c1-7-10-13-22(15-17(4)26(23,24-8-2)25-9-3)16-18-11-12-19-14-20(18)21(19,5)6/h11,19-20H,4,7-10,12-16H2,1-3,5-6H3. The van der Waals surface area contributed by atoms with Crippen LogP contribution in [0.4, 0.5) is 0 Å². The normalized spacial score (nSPS) is 24.3. The Hall–Kier alpha value is -0.410. The SMILES string of the molecule is C=C(CN(CCCC)CC1=CCC2CC1C2(C)C)P(=O)(OCC)OCC. The molecular formula is C21H38NO3P. The maximum absolute atomic E-state index is 13.0. The Morgan fingerprint density at radius 1 is 1.31 bits per heavy atom. The second-order valence-electron chi connectivity index (χ2n) is 8.28. The predicted octanol–water partition coefficient (Wildman–Crippen LogP) is 5.86. The molecule has 3 aliphatic rings. The highest BCUT2D eigenvalue weighted by atomic mass is 31.2. The zero-order valence-corrected chi connectivity index (χ0v) is 18.3. The van der Waals surface area contributed by atoms with Crippen molar-refractivity contribution in [2.24, 2.45) is 17.3 Å². The van der Waals surface area contributed by atoms with Crippen molar-refractivity contribution in [3.05, 3.63) is 23.5 Å². The summed E-state index contributed by atoms with van der Waals surface area (Å²) in [4.78, 5) is 2.39. The monoisotopic (exact) mass is 383 g/mol. The molecule has 3 aliphatic carbocycles. The van der Waals surface area contributed by atoms with Gasteiger partial charge in [0.1, 0.15) is 0 Å². The molecule has 4 nitrogen and oxygen atoms in total. The van der Waals surface area contributed by atoms with Gasteiger partial charge in [0.05, 0.1) is 13.2 Å². The van der Waals surface area contributed by atoms with Crippen molar-refractivity contribution in [3.8, 4) is 0 Å². The molecule has 0 aromatic rings. The van der Waals surface area contributed by atoms with E-state index in [9.17, 15) is 4.57 Å². The minimum absolute atomic E-state index is 0.369. The average molecular weight is 384 g/mol. The summed E-state index contributed by atoms with van der Waals surface area (Å²) in [5.41, 5.74) is 1.99. The number of hydrogen-bond donors (Lipinski definition) is 0. The van der Waals surface area contributed by atoms with Crippen LogP contribution in [-0.2, 0) is 13.6 Å². The van der Waals surface area contributed by atoms with E-state index in [4.69, 9.17) is 9.05 Å². The predicted molar refractivity (Wildman–Crippen MR) is 109 cm³/mol. The summed E-state index contributed by atoms with van der Waals surface area (Å²) >= 11 is 0. The number of hydrogen-bond acceptors (Lipinski definition) is 4. The first-order valence-electron chi connectivity index (χ1n) is 10.3. The smallest absolute Gasteiger partial charge is 0.306 e. The Kier molecular flexibility index (Phi) is 7.73. The molecule has 0 radical (unpaired) electrons. The highest BCUT2D eigenvalue weighted by molar-refractivity contribution is 7.58. The third kappa shape index (κ3) is 4.70. The van der Waals surface area contributed by atoms with E-state index in [2.05, 4.69) is 38.3 Å². The first kappa shape index (κ1) is 21.9. The van der Waals surface area contributed by atoms with E-state index in [1.54, 1.807) is 5.57 Å². The fraction of sp³-hybridized carbons (Fsp3) is 0.810. The van der Waals surface area contributed by atoms with Crippen LogP contribution in [-0.4, -0.2) is 37.7 Å². The van der Waals surface area contributed by atoms with Crippen molar-refractivity contribution in [2.45, 2.75) is 60.3 Å². The molecule has 0 saturated heterocycles. The van der Waals surface area contributed by atoms with Gasteiger partial charge >= 0.3 is 7.60 Å². The molecule has 0 spiro atoms. The molecule has 1 saturated carbocycles. The second-order valence-corrected chi connectivity index (χ2v) is 10.4. The first-order valence-corrected chi connectivity index (χ1v) is 11.8. The fourth-order valence-corrected chi connectivity index (χ4v) is 5.91. The molecular weight excluding hydrogens is 345 g/mol. The second kappa shape index (κ2) is 9.19. The van der Waals surface area contributed by atoms with Crippen LogP contribution in [0.5, 0.6) is 0 Å². The molecule has 5 heteroatoms. The first-order chi connectivity index (χ1) is 12.3. The molecule has 26 heavy (non-hydrogen) atoms. The van der Waals surface area contributed by atoms with Crippen molar-refractivity contribution < 1.29 is 13.6 Å². The lowest BCUT2D eigenvalue weighted by Gasteiger charge is -2.57. The van der Waals surface area contributed by atoms with Crippen LogP contribution < -0.4 is 0 Å². The average Bonchev–Trinajstić information content (AvgIpc) is 2.59. The highest BCUT2D eigenvalue weighted by Crippen LogP contribution is 2.59. The van der Waals surface area contributed by atoms with Crippen LogP contribution in [0.1, 0.15) is 60.3 Å². The molecule has 0 heterocycles. The van der Waals surface area contributed by atoms with E-state index >= 15 is 0 Å². The molecule has 2 unspecified atom stereocenters. The summed E-state index contributed by atoms with van der Waals surface area (Å²) in [5, 5.41) is 0.583. The summed E-state index contributed by atoms with van der Waals surface area (Å²) in [6.07, 6.45) is 7.27. The van der Waals surface area contributed by atoms with Crippen molar-refractivity contribution in [1.82, 2.24) is 4.90 Å². The lowest BCUT2D eigenvalue weighted by atomic mass is 9.49. The summed E-state index contributed by atoms with van der Waals surface area (Å²) in [6.45, 7) is 18.0. The molecule has 3 rings (SSSR count). The topological polar surface area (TPSA) is 38.8 Å². The summed E-state index contributed by atoms with van der Waals surface area (Å²) in [6, 6.07) is 0. The van der Waals surface area contributed by atoms with Gasteiger partial charge in [-0.15, -0.1) is 0 Å². The minimum Gasteiger partial charge on any atom is -0.306 e. The number of nitrogens with zero attached hydrogens (tertiary/aromatic N) is 1. The maximum Gasteiger partial charge on any atom is 0.358 e. The van der Waals surface area contributed by atoms with Gasteiger partial charge in [-0.3, -0.25) is 9.46 Å². The van der Waals surface area contributed by atoms with Gasteiger partial charge in [0, 0.05) is 18.4 Å². The van der Waals surface area contributed by atoms with E-state index in [1.807, 2.05) is 13.8 Å². The molecule has 0 N–H and O–H groups in total. The van der Waals surface area contributed by atoms with Gasteiger partial charge in [0.25, 0.3) is 0 Å². The minimum atomic E-state index is -3.24.